The van der Waals surface area contributed by atoms with Crippen LogP contribution in [0.1, 0.15) is 51.1 Å². The van der Waals surface area contributed by atoms with Gasteiger partial charge in [0.15, 0.2) is 5.82 Å². The van der Waals surface area contributed by atoms with Gasteiger partial charge >= 0.3 is 6.01 Å². The third-order valence-electron chi connectivity index (χ3n) is 8.96. The molecule has 2 atom stereocenters. The number of fused-ring (bicyclic) bond motifs is 2. The second kappa shape index (κ2) is 12.6. The number of halogens is 3. The van der Waals surface area contributed by atoms with Gasteiger partial charge in [0.05, 0.1) is 33.9 Å². The highest BCUT2D eigenvalue weighted by Crippen LogP contribution is 2.53. The molecule has 4 aliphatic rings. The molecule has 2 fully saturated rings. The van der Waals surface area contributed by atoms with Crippen LogP contribution in [0.5, 0.6) is 6.01 Å². The van der Waals surface area contributed by atoms with Crippen LogP contribution in [0.15, 0.2) is 34.5 Å². The molecule has 44 heavy (non-hydrogen) atoms. The average Bonchev–Trinajstić information content (AvgIpc) is 3.40. The number of allylic oxidation sites excluding steroid dienone is 4. The number of rotatable bonds is 12. The fourth-order valence-electron chi connectivity index (χ4n) is 6.40. The minimum Gasteiger partial charge on any atom is -0.463 e. The molecule has 4 heterocycles. The minimum atomic E-state index is -1.12. The predicted molar refractivity (Wildman–Crippen MR) is 165 cm³/mol. The van der Waals surface area contributed by atoms with Crippen LogP contribution < -0.4 is 21.1 Å². The van der Waals surface area contributed by atoms with Crippen molar-refractivity contribution in [3.63, 3.8) is 0 Å². The molecule has 0 spiro atoms. The van der Waals surface area contributed by atoms with Crippen LogP contribution in [0.2, 0.25) is 0 Å². The summed E-state index contributed by atoms with van der Waals surface area (Å²) in [6, 6.07) is 1.98. The second-order valence-electron chi connectivity index (χ2n) is 12.1. The van der Waals surface area contributed by atoms with Crippen molar-refractivity contribution in [3.05, 3.63) is 46.0 Å². The van der Waals surface area contributed by atoms with E-state index in [0.29, 0.717) is 43.5 Å². The summed E-state index contributed by atoms with van der Waals surface area (Å²) in [5.74, 6) is -3.36. The van der Waals surface area contributed by atoms with E-state index in [9.17, 15) is 9.65 Å². The number of unbranched alkanes of at least 4 members (excludes halogenated alkanes) is 1. The average molecular weight is 627 g/mol. The lowest BCUT2D eigenvalue weighted by Gasteiger charge is -2.27. The number of nitriles is 1. The molecule has 9 nitrogen and oxygen atoms in total. The Morgan fingerprint density at radius 1 is 1.20 bits per heavy atom. The Balaban J connectivity index is 1.43. The number of ether oxygens (including phenoxy) is 1. The van der Waals surface area contributed by atoms with Gasteiger partial charge in [0.1, 0.15) is 28.7 Å². The first-order valence-electron chi connectivity index (χ1n) is 15.3. The van der Waals surface area contributed by atoms with Gasteiger partial charge < -0.3 is 26.0 Å². The van der Waals surface area contributed by atoms with Gasteiger partial charge in [-0.3, -0.25) is 4.98 Å². The molecule has 6 rings (SSSR count). The summed E-state index contributed by atoms with van der Waals surface area (Å²) in [5, 5.41) is 9.20. The van der Waals surface area contributed by atoms with E-state index in [1.165, 1.54) is 19.0 Å². The number of hydrogen-bond acceptors (Lipinski definition) is 10. The van der Waals surface area contributed by atoms with E-state index in [-0.39, 0.29) is 38.8 Å². The lowest BCUT2D eigenvalue weighted by molar-refractivity contribution is 0.170. The third-order valence-corrected chi connectivity index (χ3v) is 10.2. The fraction of sp³-hybridized carbons (Fsp3) is 0.548. The molecule has 2 aliphatic heterocycles. The maximum Gasteiger partial charge on any atom is 0.319 e. The number of pyridine rings is 1. The van der Waals surface area contributed by atoms with Gasteiger partial charge in [-0.2, -0.15) is 15.2 Å². The monoisotopic (exact) mass is 626 g/mol. The second-order valence-corrected chi connectivity index (χ2v) is 13.3. The van der Waals surface area contributed by atoms with Crippen molar-refractivity contribution < 1.29 is 17.9 Å². The normalized spacial score (nSPS) is 22.8. The Bertz CT molecular complexity index is 1580. The molecule has 2 aliphatic carbocycles. The summed E-state index contributed by atoms with van der Waals surface area (Å²) in [6.45, 7) is 7.04. The highest BCUT2D eigenvalue weighted by Gasteiger charge is 2.47. The third kappa shape index (κ3) is 5.75. The molecule has 1 saturated carbocycles. The first kappa shape index (κ1) is 30.7. The highest BCUT2D eigenvalue weighted by molar-refractivity contribution is 8.04. The molecule has 0 amide bonds. The standard InChI is InChI=1S/C31H37F3N8OS/c1-2-3-11-42(12-8-35)29-19-15-38-26(23-20(32)13-21(33)27-22(23)18(14-36)28(37)44-27)24(34)25(19)39-30(40-29)43-17-31(6-7-31)16-41-9-4-5-10-41/h13,15,22,27H,2-12,16-17,35,37H2,1H3. The summed E-state index contributed by atoms with van der Waals surface area (Å²) in [4.78, 5) is 18.0. The van der Waals surface area contributed by atoms with E-state index in [1.807, 2.05) is 11.0 Å². The lowest BCUT2D eigenvalue weighted by atomic mass is 9.82. The molecule has 2 aromatic rings. The van der Waals surface area contributed by atoms with Gasteiger partial charge in [-0.1, -0.05) is 25.1 Å². The summed E-state index contributed by atoms with van der Waals surface area (Å²) in [5.41, 5.74) is 11.3. The van der Waals surface area contributed by atoms with Gasteiger partial charge in [0.25, 0.3) is 0 Å². The largest absolute Gasteiger partial charge is 0.463 e. The quantitative estimate of drug-likeness (QED) is 0.334. The number of anilines is 1. The van der Waals surface area contributed by atoms with Gasteiger partial charge in [0.2, 0.25) is 0 Å². The Labute approximate surface area is 259 Å². The predicted octanol–water partition coefficient (Wildman–Crippen LogP) is 4.96. The van der Waals surface area contributed by atoms with Crippen molar-refractivity contribution in [1.29, 1.82) is 5.26 Å². The van der Waals surface area contributed by atoms with Crippen LogP contribution in [0.25, 0.3) is 16.5 Å². The minimum absolute atomic E-state index is 0.0106. The molecule has 4 N–H and O–H groups in total. The summed E-state index contributed by atoms with van der Waals surface area (Å²) in [7, 11) is 0. The van der Waals surface area contributed by atoms with Crippen LogP contribution in [0, 0.1) is 28.5 Å². The maximum atomic E-state index is 16.6. The van der Waals surface area contributed by atoms with Crippen LogP contribution >= 0.6 is 11.8 Å². The van der Waals surface area contributed by atoms with Crippen molar-refractivity contribution in [2.75, 3.05) is 50.8 Å². The van der Waals surface area contributed by atoms with Crippen molar-refractivity contribution in [2.45, 2.75) is 50.7 Å². The number of hydrogen-bond donors (Lipinski definition) is 2. The Hall–Kier alpha value is -3.34. The summed E-state index contributed by atoms with van der Waals surface area (Å²) in [6.07, 6.45) is 8.40. The highest BCUT2D eigenvalue weighted by atomic mass is 32.2. The molecule has 13 heteroatoms. The fourth-order valence-corrected chi connectivity index (χ4v) is 7.56. The van der Waals surface area contributed by atoms with Crippen LogP contribution in [-0.4, -0.2) is 71.0 Å². The maximum absolute atomic E-state index is 16.6. The number of thioether (sulfide) groups is 1. The molecule has 2 aromatic heterocycles. The Kier molecular flexibility index (Phi) is 8.77. The molecular formula is C31H37F3N8OS. The van der Waals surface area contributed by atoms with E-state index in [0.717, 1.165) is 57.1 Å². The Morgan fingerprint density at radius 3 is 2.66 bits per heavy atom. The molecular weight excluding hydrogens is 589 g/mol. The van der Waals surface area contributed by atoms with Gasteiger partial charge in [-0.25, -0.2) is 13.2 Å². The summed E-state index contributed by atoms with van der Waals surface area (Å²) < 4.78 is 53.1. The zero-order chi connectivity index (χ0) is 31.0. The van der Waals surface area contributed by atoms with Crippen molar-refractivity contribution in [1.82, 2.24) is 19.9 Å². The van der Waals surface area contributed by atoms with E-state index in [4.69, 9.17) is 21.2 Å². The Morgan fingerprint density at radius 2 is 1.98 bits per heavy atom. The smallest absolute Gasteiger partial charge is 0.319 e. The molecule has 1 saturated heterocycles. The van der Waals surface area contributed by atoms with E-state index in [1.54, 1.807) is 0 Å². The number of likely N-dealkylation sites (tertiary alicyclic amines) is 1. The van der Waals surface area contributed by atoms with Crippen LogP contribution in [0.4, 0.5) is 19.0 Å². The molecule has 0 aromatic carbocycles. The van der Waals surface area contributed by atoms with Gasteiger partial charge in [0, 0.05) is 55.4 Å². The number of aromatic nitrogens is 3. The van der Waals surface area contributed by atoms with Crippen LogP contribution in [0.3, 0.4) is 0 Å². The number of nitrogens with zero attached hydrogens (tertiary/aromatic N) is 6. The van der Waals surface area contributed by atoms with E-state index >= 15 is 8.78 Å². The SMILES string of the molecule is CCCCN(CCN)c1nc(OCC2(CN3CCCC3)CC2)nc2c(F)c(C3=C(F)C=C(F)C4SC(N)=C(C#N)C34)ncc12. The molecule has 234 valence electrons. The lowest BCUT2D eigenvalue weighted by Crippen LogP contribution is -2.32. The van der Waals surface area contributed by atoms with Gasteiger partial charge in [-0.15, -0.1) is 0 Å². The van der Waals surface area contributed by atoms with E-state index in [2.05, 4.69) is 21.8 Å². The first-order chi connectivity index (χ1) is 21.3. The zero-order valence-corrected chi connectivity index (χ0v) is 25.6. The number of nitrogens with two attached hydrogens (primary N) is 2. The van der Waals surface area contributed by atoms with Crippen molar-refractivity contribution >= 4 is 34.1 Å². The van der Waals surface area contributed by atoms with Crippen LogP contribution in [-0.2, 0) is 0 Å². The zero-order valence-electron chi connectivity index (χ0n) is 24.8. The van der Waals surface area contributed by atoms with Crippen molar-refractivity contribution in [2.24, 2.45) is 22.8 Å². The topological polar surface area (TPSA) is 130 Å². The van der Waals surface area contributed by atoms with Crippen molar-refractivity contribution in [3.8, 4) is 12.1 Å². The molecule has 0 bridgehead atoms. The molecule has 2 unspecified atom stereocenters. The van der Waals surface area contributed by atoms with Gasteiger partial charge in [-0.05, 0) is 45.2 Å². The first-order valence-corrected chi connectivity index (χ1v) is 16.2. The summed E-state index contributed by atoms with van der Waals surface area (Å²) >= 11 is 0.921. The molecule has 0 radical (unpaired) electrons. The van der Waals surface area contributed by atoms with E-state index < -0.39 is 28.6 Å².